The second-order valence-electron chi connectivity index (χ2n) is 4.35. The smallest absolute Gasteiger partial charge is 0.423 e. The first kappa shape index (κ1) is 16.1. The average Bonchev–Trinajstić information content (AvgIpc) is 2.65. The Morgan fingerprint density at radius 2 is 1.80 bits per heavy atom. The fourth-order valence-electron chi connectivity index (χ4n) is 1.90. The standard InChI is InChI=1S/C11H12BNO4.C3H6/c1-2-5-13-10(14)8-4-3-7(12(16)17)6-9(8)11(13)15;1-3-2/h3-4,6,16-17H,2,5H2,1H3;3H,1H2,2H3. The minimum absolute atomic E-state index is 0.211. The van der Waals surface area contributed by atoms with Crippen LogP contribution >= 0.6 is 0 Å². The number of benzene rings is 1. The number of carbonyl (C=O) groups is 2. The molecule has 0 saturated heterocycles. The minimum Gasteiger partial charge on any atom is -0.423 e. The van der Waals surface area contributed by atoms with Crippen molar-refractivity contribution in [3.8, 4) is 0 Å². The maximum absolute atomic E-state index is 11.9. The summed E-state index contributed by atoms with van der Waals surface area (Å²) in [5.74, 6) is -0.680. The molecule has 106 valence electrons. The number of rotatable bonds is 3. The Balaban J connectivity index is 0.000000612. The number of fused-ring (bicyclic) bond motifs is 1. The lowest BCUT2D eigenvalue weighted by Gasteiger charge is -2.11. The molecule has 6 heteroatoms. The number of allylic oxidation sites excluding steroid dienone is 1. The van der Waals surface area contributed by atoms with Crippen molar-refractivity contribution in [3.63, 3.8) is 0 Å². The van der Waals surface area contributed by atoms with Crippen molar-refractivity contribution < 1.29 is 19.6 Å². The van der Waals surface area contributed by atoms with Crippen molar-refractivity contribution in [3.05, 3.63) is 42.0 Å². The quantitative estimate of drug-likeness (QED) is 0.480. The van der Waals surface area contributed by atoms with Gasteiger partial charge in [0.2, 0.25) is 0 Å². The SMILES string of the molecule is C=CC.CCCN1C(=O)c2ccc(B(O)O)cc2C1=O. The van der Waals surface area contributed by atoms with Crippen LogP contribution in [0, 0.1) is 0 Å². The number of amides is 2. The molecule has 0 atom stereocenters. The molecule has 2 rings (SSSR count). The second-order valence-corrected chi connectivity index (χ2v) is 4.35. The molecule has 2 N–H and O–H groups in total. The first-order valence-electron chi connectivity index (χ1n) is 6.41. The van der Waals surface area contributed by atoms with Gasteiger partial charge in [-0.2, -0.15) is 0 Å². The summed E-state index contributed by atoms with van der Waals surface area (Å²) in [6.45, 7) is 7.51. The predicted molar refractivity (Wildman–Crippen MR) is 77.8 cm³/mol. The maximum atomic E-state index is 11.9. The highest BCUT2D eigenvalue weighted by Gasteiger charge is 2.35. The second kappa shape index (κ2) is 7.02. The molecule has 0 spiro atoms. The molecule has 0 saturated carbocycles. The summed E-state index contributed by atoms with van der Waals surface area (Å²) in [6, 6.07) is 4.25. The molecule has 5 nitrogen and oxygen atoms in total. The molecule has 0 unspecified atom stereocenters. The van der Waals surface area contributed by atoms with E-state index in [9.17, 15) is 9.59 Å². The highest BCUT2D eigenvalue weighted by molar-refractivity contribution is 6.58. The maximum Gasteiger partial charge on any atom is 0.488 e. The van der Waals surface area contributed by atoms with E-state index in [0.29, 0.717) is 18.5 Å². The van der Waals surface area contributed by atoms with Gasteiger partial charge < -0.3 is 10.0 Å². The molecule has 0 fully saturated rings. The van der Waals surface area contributed by atoms with Gasteiger partial charge >= 0.3 is 7.12 Å². The lowest BCUT2D eigenvalue weighted by molar-refractivity contribution is 0.0654. The zero-order valence-corrected chi connectivity index (χ0v) is 11.7. The van der Waals surface area contributed by atoms with Crippen LogP contribution in [-0.2, 0) is 0 Å². The van der Waals surface area contributed by atoms with Gasteiger partial charge in [0.05, 0.1) is 11.1 Å². The fourth-order valence-corrected chi connectivity index (χ4v) is 1.90. The first-order valence-corrected chi connectivity index (χ1v) is 6.41. The van der Waals surface area contributed by atoms with Gasteiger partial charge in [-0.05, 0) is 30.9 Å². The Morgan fingerprint density at radius 1 is 1.25 bits per heavy atom. The van der Waals surface area contributed by atoms with E-state index >= 15 is 0 Å². The van der Waals surface area contributed by atoms with Gasteiger partial charge in [0.25, 0.3) is 11.8 Å². The molecule has 0 radical (unpaired) electrons. The molecule has 1 heterocycles. The Hall–Kier alpha value is -1.92. The van der Waals surface area contributed by atoms with Gasteiger partial charge in [-0.25, -0.2) is 0 Å². The van der Waals surface area contributed by atoms with Crippen molar-refractivity contribution >= 4 is 24.4 Å². The van der Waals surface area contributed by atoms with Gasteiger partial charge in [0.1, 0.15) is 0 Å². The van der Waals surface area contributed by atoms with Gasteiger partial charge in [0, 0.05) is 6.54 Å². The van der Waals surface area contributed by atoms with Crippen LogP contribution in [0.15, 0.2) is 30.9 Å². The molecule has 2 amide bonds. The Bertz CT molecular complexity index is 528. The third-order valence-electron chi connectivity index (χ3n) is 2.74. The predicted octanol–water partition coefficient (Wildman–Crippen LogP) is 0.565. The summed E-state index contributed by atoms with van der Waals surface area (Å²) in [6.07, 6.45) is 2.45. The van der Waals surface area contributed by atoms with Gasteiger partial charge in [-0.15, -0.1) is 6.58 Å². The van der Waals surface area contributed by atoms with Crippen LogP contribution in [0.1, 0.15) is 41.0 Å². The van der Waals surface area contributed by atoms with Gasteiger partial charge in [-0.3, -0.25) is 14.5 Å². The lowest BCUT2D eigenvalue weighted by Crippen LogP contribution is -2.31. The molecule has 0 bridgehead atoms. The van der Waals surface area contributed by atoms with Crippen molar-refractivity contribution in [2.45, 2.75) is 20.3 Å². The number of hydrogen-bond acceptors (Lipinski definition) is 4. The van der Waals surface area contributed by atoms with E-state index in [1.807, 2.05) is 13.8 Å². The summed E-state index contributed by atoms with van der Waals surface area (Å²) in [4.78, 5) is 25.0. The normalized spacial score (nSPS) is 12.7. The monoisotopic (exact) mass is 275 g/mol. The van der Waals surface area contributed by atoms with Gasteiger partial charge in [-0.1, -0.05) is 19.1 Å². The highest BCUT2D eigenvalue weighted by Crippen LogP contribution is 2.21. The third kappa shape index (κ3) is 3.15. The van der Waals surface area contributed by atoms with Crippen LogP contribution in [0.3, 0.4) is 0 Å². The van der Waals surface area contributed by atoms with E-state index in [1.54, 1.807) is 6.08 Å². The molecular weight excluding hydrogens is 257 g/mol. The van der Waals surface area contributed by atoms with E-state index in [-0.39, 0.29) is 22.8 Å². The van der Waals surface area contributed by atoms with Gasteiger partial charge in [0.15, 0.2) is 0 Å². The Kier molecular flexibility index (Phi) is 5.67. The number of hydrogen-bond donors (Lipinski definition) is 2. The molecule has 1 aliphatic rings. The van der Waals surface area contributed by atoms with Crippen LogP contribution < -0.4 is 5.46 Å². The van der Waals surface area contributed by atoms with Crippen LogP contribution in [0.25, 0.3) is 0 Å². The largest absolute Gasteiger partial charge is 0.488 e. The molecule has 20 heavy (non-hydrogen) atoms. The minimum atomic E-state index is -1.64. The van der Waals surface area contributed by atoms with E-state index in [1.165, 1.54) is 23.1 Å². The Labute approximate surface area is 118 Å². The summed E-state index contributed by atoms with van der Waals surface area (Å²) in [7, 11) is -1.64. The van der Waals surface area contributed by atoms with Crippen LogP contribution in [0.5, 0.6) is 0 Å². The van der Waals surface area contributed by atoms with Crippen molar-refractivity contribution in [2.75, 3.05) is 6.54 Å². The molecule has 0 aromatic heterocycles. The molecule has 1 aromatic rings. The Morgan fingerprint density at radius 3 is 2.30 bits per heavy atom. The van der Waals surface area contributed by atoms with E-state index in [0.717, 1.165) is 0 Å². The van der Waals surface area contributed by atoms with Crippen LogP contribution in [0.2, 0.25) is 0 Å². The first-order chi connectivity index (χ1) is 9.47. The summed E-state index contributed by atoms with van der Waals surface area (Å²) in [5, 5.41) is 18.0. The van der Waals surface area contributed by atoms with E-state index in [2.05, 4.69) is 6.58 Å². The van der Waals surface area contributed by atoms with Crippen molar-refractivity contribution in [2.24, 2.45) is 0 Å². The lowest BCUT2D eigenvalue weighted by atomic mass is 9.79. The zero-order chi connectivity index (χ0) is 15.3. The zero-order valence-electron chi connectivity index (χ0n) is 11.7. The van der Waals surface area contributed by atoms with Crippen molar-refractivity contribution in [1.82, 2.24) is 4.90 Å². The molecular formula is C14H18BNO4. The van der Waals surface area contributed by atoms with Crippen molar-refractivity contribution in [1.29, 1.82) is 0 Å². The number of carbonyl (C=O) groups excluding carboxylic acids is 2. The van der Waals surface area contributed by atoms with Crippen LogP contribution in [-0.4, -0.2) is 40.4 Å². The molecule has 1 aliphatic heterocycles. The average molecular weight is 275 g/mol. The summed E-state index contributed by atoms with van der Waals surface area (Å²) < 4.78 is 0. The van der Waals surface area contributed by atoms with Crippen LogP contribution in [0.4, 0.5) is 0 Å². The number of imide groups is 1. The summed E-state index contributed by atoms with van der Waals surface area (Å²) in [5.41, 5.74) is 0.783. The number of nitrogens with zero attached hydrogens (tertiary/aromatic N) is 1. The molecule has 0 aliphatic carbocycles. The molecule has 1 aromatic carbocycles. The third-order valence-corrected chi connectivity index (χ3v) is 2.74. The fraction of sp³-hybridized carbons (Fsp3) is 0.286. The highest BCUT2D eigenvalue weighted by atomic mass is 16.4. The van der Waals surface area contributed by atoms with E-state index in [4.69, 9.17) is 10.0 Å². The van der Waals surface area contributed by atoms with E-state index < -0.39 is 7.12 Å². The topological polar surface area (TPSA) is 77.8 Å². The summed E-state index contributed by atoms with van der Waals surface area (Å²) >= 11 is 0.